The van der Waals surface area contributed by atoms with E-state index in [0.29, 0.717) is 17.9 Å². The molecule has 0 aliphatic carbocycles. The van der Waals surface area contributed by atoms with Crippen LogP contribution in [0.3, 0.4) is 0 Å². The predicted molar refractivity (Wildman–Crippen MR) is 124 cm³/mol. The number of aliphatic hydroxyl groups is 1. The molecule has 2 aromatic carbocycles. The molecular formula is C24H33NO5S. The lowest BCUT2D eigenvalue weighted by molar-refractivity contribution is 0.0703. The molecule has 0 aliphatic rings. The molecule has 1 atom stereocenters. The van der Waals surface area contributed by atoms with E-state index in [0.717, 1.165) is 11.1 Å². The molecule has 6 nitrogen and oxygen atoms in total. The van der Waals surface area contributed by atoms with Crippen molar-refractivity contribution in [1.82, 2.24) is 4.31 Å². The average Bonchev–Trinajstić information content (AvgIpc) is 2.73. The number of allylic oxidation sites excluding steroid dienone is 1. The SMILES string of the molecule is C=CCCC(C(C)(C)O)S(=O)(=O)N(Cc1ccc(OC)cc1)Cc1ccc(OC)cc1. The van der Waals surface area contributed by atoms with E-state index in [1.54, 1.807) is 44.6 Å². The van der Waals surface area contributed by atoms with E-state index in [1.807, 2.05) is 24.3 Å². The normalized spacial score (nSPS) is 13.1. The molecule has 31 heavy (non-hydrogen) atoms. The van der Waals surface area contributed by atoms with Crippen LogP contribution >= 0.6 is 0 Å². The van der Waals surface area contributed by atoms with Crippen LogP contribution in [-0.2, 0) is 23.1 Å². The molecule has 7 heteroatoms. The second-order valence-electron chi connectivity index (χ2n) is 8.02. The zero-order valence-electron chi connectivity index (χ0n) is 18.7. The van der Waals surface area contributed by atoms with Crippen LogP contribution in [-0.4, -0.2) is 42.9 Å². The number of methoxy groups -OCH3 is 2. The Kier molecular flexibility index (Phi) is 8.68. The van der Waals surface area contributed by atoms with Crippen molar-refractivity contribution in [3.05, 3.63) is 72.3 Å². The highest BCUT2D eigenvalue weighted by atomic mass is 32.2. The van der Waals surface area contributed by atoms with Crippen molar-refractivity contribution in [2.24, 2.45) is 0 Å². The Balaban J connectivity index is 2.42. The van der Waals surface area contributed by atoms with E-state index in [1.165, 1.54) is 18.2 Å². The molecule has 1 unspecified atom stereocenters. The van der Waals surface area contributed by atoms with E-state index in [2.05, 4.69) is 6.58 Å². The van der Waals surface area contributed by atoms with Crippen LogP contribution in [0.5, 0.6) is 11.5 Å². The quantitative estimate of drug-likeness (QED) is 0.495. The van der Waals surface area contributed by atoms with Gasteiger partial charge in [-0.05, 0) is 62.1 Å². The molecule has 0 spiro atoms. The van der Waals surface area contributed by atoms with Crippen molar-refractivity contribution in [3.63, 3.8) is 0 Å². The molecule has 0 aromatic heterocycles. The van der Waals surface area contributed by atoms with Gasteiger partial charge in [-0.15, -0.1) is 6.58 Å². The first-order valence-electron chi connectivity index (χ1n) is 10.2. The van der Waals surface area contributed by atoms with Gasteiger partial charge in [0.2, 0.25) is 10.0 Å². The highest BCUT2D eigenvalue weighted by Gasteiger charge is 2.41. The van der Waals surface area contributed by atoms with E-state index in [9.17, 15) is 13.5 Å². The van der Waals surface area contributed by atoms with Crippen LogP contribution in [0.1, 0.15) is 37.8 Å². The summed E-state index contributed by atoms with van der Waals surface area (Å²) >= 11 is 0. The van der Waals surface area contributed by atoms with Crippen molar-refractivity contribution >= 4 is 10.0 Å². The van der Waals surface area contributed by atoms with Crippen LogP contribution in [0.15, 0.2) is 61.2 Å². The number of benzene rings is 2. The first-order valence-corrected chi connectivity index (χ1v) is 11.7. The van der Waals surface area contributed by atoms with E-state index >= 15 is 0 Å². The highest BCUT2D eigenvalue weighted by molar-refractivity contribution is 7.89. The van der Waals surface area contributed by atoms with Gasteiger partial charge in [0, 0.05) is 13.1 Å². The number of hydrogen-bond donors (Lipinski definition) is 1. The van der Waals surface area contributed by atoms with E-state index in [4.69, 9.17) is 9.47 Å². The molecule has 0 saturated heterocycles. The molecule has 0 amide bonds. The first-order chi connectivity index (χ1) is 14.6. The Morgan fingerprint density at radius 2 is 1.39 bits per heavy atom. The van der Waals surface area contributed by atoms with E-state index < -0.39 is 20.9 Å². The fourth-order valence-electron chi connectivity index (χ4n) is 3.42. The lowest BCUT2D eigenvalue weighted by atomic mass is 10.0. The Morgan fingerprint density at radius 3 is 1.71 bits per heavy atom. The smallest absolute Gasteiger partial charge is 0.220 e. The molecule has 170 valence electrons. The Labute approximate surface area is 186 Å². The molecule has 0 radical (unpaired) electrons. The van der Waals surface area contributed by atoms with Gasteiger partial charge in [-0.25, -0.2) is 8.42 Å². The number of ether oxygens (including phenoxy) is 2. The fourth-order valence-corrected chi connectivity index (χ4v) is 5.60. The molecular weight excluding hydrogens is 414 g/mol. The summed E-state index contributed by atoms with van der Waals surface area (Å²) in [5.74, 6) is 1.40. The van der Waals surface area contributed by atoms with Crippen LogP contribution < -0.4 is 9.47 Å². The van der Waals surface area contributed by atoms with Crippen LogP contribution in [0.2, 0.25) is 0 Å². The maximum Gasteiger partial charge on any atom is 0.220 e. The summed E-state index contributed by atoms with van der Waals surface area (Å²) in [6.45, 7) is 7.13. The fraction of sp³-hybridized carbons (Fsp3) is 0.417. The zero-order valence-corrected chi connectivity index (χ0v) is 19.6. The van der Waals surface area contributed by atoms with Gasteiger partial charge in [-0.2, -0.15) is 4.31 Å². The summed E-state index contributed by atoms with van der Waals surface area (Å²) in [4.78, 5) is 0. The molecule has 2 rings (SSSR count). The zero-order chi connectivity index (χ0) is 23.1. The van der Waals surface area contributed by atoms with Crippen molar-refractivity contribution in [3.8, 4) is 11.5 Å². The molecule has 0 aliphatic heterocycles. The third-order valence-corrected chi connectivity index (χ3v) is 7.69. The van der Waals surface area contributed by atoms with Crippen LogP contribution in [0.25, 0.3) is 0 Å². The number of hydrogen-bond acceptors (Lipinski definition) is 5. The van der Waals surface area contributed by atoms with Gasteiger partial charge in [0.05, 0.1) is 19.8 Å². The summed E-state index contributed by atoms with van der Waals surface area (Å²) in [5, 5.41) is 9.72. The minimum Gasteiger partial charge on any atom is -0.497 e. The first kappa shape index (κ1) is 24.9. The number of sulfonamides is 1. The third-order valence-electron chi connectivity index (χ3n) is 5.18. The van der Waals surface area contributed by atoms with Crippen molar-refractivity contribution in [2.75, 3.05) is 14.2 Å². The predicted octanol–water partition coefficient (Wildman–Crippen LogP) is 4.14. The molecule has 0 heterocycles. The van der Waals surface area contributed by atoms with E-state index in [-0.39, 0.29) is 19.5 Å². The molecule has 0 bridgehead atoms. The lowest BCUT2D eigenvalue weighted by Crippen LogP contribution is -2.48. The van der Waals surface area contributed by atoms with Crippen molar-refractivity contribution in [2.45, 2.75) is 50.6 Å². The van der Waals surface area contributed by atoms with Crippen LogP contribution in [0, 0.1) is 0 Å². The highest BCUT2D eigenvalue weighted by Crippen LogP contribution is 2.28. The van der Waals surface area contributed by atoms with Crippen LogP contribution in [0.4, 0.5) is 0 Å². The topological polar surface area (TPSA) is 76.1 Å². The van der Waals surface area contributed by atoms with Gasteiger partial charge in [0.25, 0.3) is 0 Å². The van der Waals surface area contributed by atoms with Gasteiger partial charge in [0.1, 0.15) is 16.7 Å². The molecule has 0 saturated carbocycles. The summed E-state index contributed by atoms with van der Waals surface area (Å²) in [7, 11) is -0.675. The van der Waals surface area contributed by atoms with Crippen molar-refractivity contribution < 1.29 is 23.0 Å². The number of nitrogens with zero attached hydrogens (tertiary/aromatic N) is 1. The van der Waals surface area contributed by atoms with Gasteiger partial charge in [0.15, 0.2) is 0 Å². The second kappa shape index (κ2) is 10.8. The Bertz CT molecular complexity index is 882. The number of rotatable bonds is 12. The minimum absolute atomic E-state index is 0.180. The largest absolute Gasteiger partial charge is 0.497 e. The van der Waals surface area contributed by atoms with Gasteiger partial charge >= 0.3 is 0 Å². The lowest BCUT2D eigenvalue weighted by Gasteiger charge is -2.34. The summed E-state index contributed by atoms with van der Waals surface area (Å²) < 4.78 is 39.3. The minimum atomic E-state index is -3.85. The molecule has 2 aromatic rings. The Hall–Kier alpha value is -2.35. The summed E-state index contributed by atoms with van der Waals surface area (Å²) in [6, 6.07) is 14.6. The monoisotopic (exact) mass is 447 g/mol. The van der Waals surface area contributed by atoms with Crippen molar-refractivity contribution in [1.29, 1.82) is 0 Å². The van der Waals surface area contributed by atoms with Gasteiger partial charge < -0.3 is 14.6 Å². The van der Waals surface area contributed by atoms with Gasteiger partial charge in [-0.1, -0.05) is 30.3 Å². The van der Waals surface area contributed by atoms with Gasteiger partial charge in [-0.3, -0.25) is 0 Å². The maximum atomic E-state index is 13.7. The molecule has 1 N–H and O–H groups in total. The standard InChI is InChI=1S/C24H33NO5S/c1-6-7-8-23(24(2,3)26)31(27,28)25(17-19-9-13-21(29-4)14-10-19)18-20-11-15-22(30-5)16-12-20/h6,9-16,23,26H,1,7-8,17-18H2,2-5H3. The summed E-state index contributed by atoms with van der Waals surface area (Å²) in [6.07, 6.45) is 2.45. The third kappa shape index (κ3) is 6.82. The molecule has 0 fully saturated rings. The summed E-state index contributed by atoms with van der Waals surface area (Å²) in [5.41, 5.74) is 0.257. The second-order valence-corrected chi connectivity index (χ2v) is 10.1. The maximum absolute atomic E-state index is 13.7. The Morgan fingerprint density at radius 1 is 0.968 bits per heavy atom. The average molecular weight is 448 g/mol.